The third-order valence-electron chi connectivity index (χ3n) is 1.88. The van der Waals surface area contributed by atoms with Crippen molar-refractivity contribution in [3.05, 3.63) is 23.3 Å². The summed E-state index contributed by atoms with van der Waals surface area (Å²) in [7, 11) is 1.56. The number of methoxy groups -OCH3 is 1. The van der Waals surface area contributed by atoms with E-state index in [-0.39, 0.29) is 0 Å². The fourth-order valence-electron chi connectivity index (χ4n) is 1.45. The van der Waals surface area contributed by atoms with Crippen LogP contribution in [0, 0.1) is 13.8 Å². The summed E-state index contributed by atoms with van der Waals surface area (Å²) in [6, 6.07) is 3.20. The van der Waals surface area contributed by atoms with E-state index in [4.69, 9.17) is 10.5 Å². The van der Waals surface area contributed by atoms with Gasteiger partial charge >= 0.3 is 6.03 Å². The fraction of sp³-hybridized carbons (Fsp3) is 0.300. The summed E-state index contributed by atoms with van der Waals surface area (Å²) in [6.45, 7) is 3.86. The Kier molecular flexibility index (Phi) is 2.96. The molecule has 0 saturated heterocycles. The third-order valence-corrected chi connectivity index (χ3v) is 1.88. The Morgan fingerprint density at radius 1 is 1.43 bits per heavy atom. The number of nitrogens with two attached hydrogens (primary N) is 1. The van der Waals surface area contributed by atoms with Crippen molar-refractivity contribution in [3.63, 3.8) is 0 Å². The number of nitrogens with one attached hydrogen (secondary N) is 1. The van der Waals surface area contributed by atoms with Crippen molar-refractivity contribution in [1.29, 1.82) is 0 Å². The summed E-state index contributed by atoms with van der Waals surface area (Å²) in [5, 5.41) is 2.52. The summed E-state index contributed by atoms with van der Waals surface area (Å²) >= 11 is 0. The molecule has 0 aliphatic heterocycles. The second-order valence-electron chi connectivity index (χ2n) is 3.15. The average molecular weight is 194 g/mol. The molecule has 2 amide bonds. The molecule has 0 atom stereocenters. The van der Waals surface area contributed by atoms with Crippen molar-refractivity contribution < 1.29 is 9.53 Å². The Hall–Kier alpha value is -1.71. The van der Waals surface area contributed by atoms with Crippen molar-refractivity contribution in [3.8, 4) is 5.75 Å². The van der Waals surface area contributed by atoms with E-state index in [0.717, 1.165) is 11.1 Å². The summed E-state index contributed by atoms with van der Waals surface area (Å²) in [6.07, 6.45) is 0. The zero-order valence-electron chi connectivity index (χ0n) is 8.55. The number of primary amides is 1. The second-order valence-corrected chi connectivity index (χ2v) is 3.15. The van der Waals surface area contributed by atoms with Crippen LogP contribution in [0.5, 0.6) is 5.75 Å². The lowest BCUT2D eigenvalue weighted by Crippen LogP contribution is -2.20. The Balaban J connectivity index is 3.17. The number of hydrogen-bond donors (Lipinski definition) is 2. The molecule has 0 fully saturated rings. The van der Waals surface area contributed by atoms with Gasteiger partial charge in [-0.05, 0) is 31.0 Å². The summed E-state index contributed by atoms with van der Waals surface area (Å²) < 4.78 is 5.16. The van der Waals surface area contributed by atoms with Gasteiger partial charge in [0.05, 0.1) is 12.8 Å². The molecular formula is C10H14N2O2. The van der Waals surface area contributed by atoms with Gasteiger partial charge < -0.3 is 15.8 Å². The third kappa shape index (κ3) is 2.16. The van der Waals surface area contributed by atoms with Gasteiger partial charge in [-0.1, -0.05) is 6.07 Å². The average Bonchev–Trinajstić information content (AvgIpc) is 2.01. The van der Waals surface area contributed by atoms with E-state index in [2.05, 4.69) is 5.32 Å². The van der Waals surface area contributed by atoms with E-state index < -0.39 is 6.03 Å². The molecule has 4 heteroatoms. The lowest BCUT2D eigenvalue weighted by molar-refractivity contribution is 0.259. The number of hydrogen-bond acceptors (Lipinski definition) is 2. The molecule has 1 aromatic rings. The Morgan fingerprint density at radius 3 is 2.57 bits per heavy atom. The van der Waals surface area contributed by atoms with Crippen LogP contribution in [0.4, 0.5) is 10.5 Å². The molecule has 14 heavy (non-hydrogen) atoms. The first-order chi connectivity index (χ1) is 6.54. The Morgan fingerprint density at radius 2 is 2.07 bits per heavy atom. The van der Waals surface area contributed by atoms with Gasteiger partial charge in [0.2, 0.25) is 0 Å². The SMILES string of the molecule is COc1c(C)cc(C)cc1NC(N)=O. The van der Waals surface area contributed by atoms with Crippen molar-refractivity contribution in [1.82, 2.24) is 0 Å². The van der Waals surface area contributed by atoms with Crippen LogP contribution in [0.25, 0.3) is 0 Å². The number of rotatable bonds is 2. The van der Waals surface area contributed by atoms with Gasteiger partial charge in [0.25, 0.3) is 0 Å². The zero-order chi connectivity index (χ0) is 10.7. The fourth-order valence-corrected chi connectivity index (χ4v) is 1.45. The highest BCUT2D eigenvalue weighted by molar-refractivity contribution is 5.90. The largest absolute Gasteiger partial charge is 0.494 e. The zero-order valence-corrected chi connectivity index (χ0v) is 8.55. The van der Waals surface area contributed by atoms with Gasteiger partial charge in [-0.3, -0.25) is 0 Å². The number of amides is 2. The normalized spacial score (nSPS) is 9.64. The first-order valence-electron chi connectivity index (χ1n) is 4.26. The molecule has 1 rings (SSSR count). The van der Waals surface area contributed by atoms with Gasteiger partial charge in [-0.2, -0.15) is 0 Å². The molecule has 4 nitrogen and oxygen atoms in total. The van der Waals surface area contributed by atoms with E-state index in [0.29, 0.717) is 11.4 Å². The maximum atomic E-state index is 10.7. The number of urea groups is 1. The maximum absolute atomic E-state index is 10.7. The van der Waals surface area contributed by atoms with Crippen LogP contribution in [-0.4, -0.2) is 13.1 Å². The van der Waals surface area contributed by atoms with Gasteiger partial charge in [0, 0.05) is 0 Å². The molecule has 0 aliphatic rings. The maximum Gasteiger partial charge on any atom is 0.316 e. The lowest BCUT2D eigenvalue weighted by atomic mass is 10.1. The van der Waals surface area contributed by atoms with Gasteiger partial charge in [-0.15, -0.1) is 0 Å². The minimum absolute atomic E-state index is 0.590. The summed E-state index contributed by atoms with van der Waals surface area (Å²) in [5.74, 6) is 0.648. The van der Waals surface area contributed by atoms with Gasteiger partial charge in [0.15, 0.2) is 0 Å². The molecule has 0 heterocycles. The minimum atomic E-state index is -0.590. The predicted molar refractivity (Wildman–Crippen MR) is 55.7 cm³/mol. The van der Waals surface area contributed by atoms with Crippen molar-refractivity contribution in [2.45, 2.75) is 13.8 Å². The van der Waals surface area contributed by atoms with Crippen LogP contribution in [-0.2, 0) is 0 Å². The molecule has 0 bridgehead atoms. The molecule has 0 radical (unpaired) electrons. The molecule has 0 saturated carbocycles. The van der Waals surface area contributed by atoms with Crippen LogP contribution < -0.4 is 15.8 Å². The van der Waals surface area contributed by atoms with E-state index in [1.54, 1.807) is 7.11 Å². The molecule has 0 aliphatic carbocycles. The van der Waals surface area contributed by atoms with Crippen molar-refractivity contribution in [2.24, 2.45) is 5.73 Å². The molecule has 0 unspecified atom stereocenters. The molecule has 3 N–H and O–H groups in total. The van der Waals surface area contributed by atoms with Gasteiger partial charge in [-0.25, -0.2) is 4.79 Å². The number of carbonyl (C=O) groups is 1. The number of aryl methyl sites for hydroxylation is 2. The molecular weight excluding hydrogens is 180 g/mol. The molecule has 76 valence electrons. The Bertz CT molecular complexity index is 361. The molecule has 0 aromatic heterocycles. The van der Waals surface area contributed by atoms with Crippen LogP contribution in [0.1, 0.15) is 11.1 Å². The smallest absolute Gasteiger partial charge is 0.316 e. The monoisotopic (exact) mass is 194 g/mol. The number of benzene rings is 1. The highest BCUT2D eigenvalue weighted by atomic mass is 16.5. The topological polar surface area (TPSA) is 64.3 Å². The predicted octanol–water partition coefficient (Wildman–Crippen LogP) is 1.80. The van der Waals surface area contributed by atoms with Crippen molar-refractivity contribution >= 4 is 11.7 Å². The standard InChI is InChI=1S/C10H14N2O2/c1-6-4-7(2)9(14-3)8(5-6)12-10(11)13/h4-5H,1-3H3,(H3,11,12,13). The lowest BCUT2D eigenvalue weighted by Gasteiger charge is -2.12. The van der Waals surface area contributed by atoms with E-state index in [9.17, 15) is 4.79 Å². The van der Waals surface area contributed by atoms with Crippen LogP contribution in [0.2, 0.25) is 0 Å². The van der Waals surface area contributed by atoms with Gasteiger partial charge in [0.1, 0.15) is 5.75 Å². The highest BCUT2D eigenvalue weighted by Crippen LogP contribution is 2.29. The van der Waals surface area contributed by atoms with Crippen LogP contribution >= 0.6 is 0 Å². The van der Waals surface area contributed by atoms with E-state index in [1.807, 2.05) is 26.0 Å². The minimum Gasteiger partial charge on any atom is -0.494 e. The van der Waals surface area contributed by atoms with Crippen LogP contribution in [0.3, 0.4) is 0 Å². The Labute approximate surface area is 83.1 Å². The number of ether oxygens (including phenoxy) is 1. The molecule has 1 aromatic carbocycles. The highest BCUT2D eigenvalue weighted by Gasteiger charge is 2.08. The summed E-state index contributed by atoms with van der Waals surface area (Å²) in [4.78, 5) is 10.7. The first-order valence-corrected chi connectivity index (χ1v) is 4.26. The first kappa shape index (κ1) is 10.4. The van der Waals surface area contributed by atoms with E-state index in [1.165, 1.54) is 0 Å². The van der Waals surface area contributed by atoms with E-state index >= 15 is 0 Å². The number of anilines is 1. The number of carbonyl (C=O) groups excluding carboxylic acids is 1. The second kappa shape index (κ2) is 4.00. The summed E-state index contributed by atoms with van der Waals surface area (Å²) in [5.41, 5.74) is 7.67. The van der Waals surface area contributed by atoms with Crippen molar-refractivity contribution in [2.75, 3.05) is 12.4 Å². The quantitative estimate of drug-likeness (QED) is 0.754. The molecule has 0 spiro atoms. The van der Waals surface area contributed by atoms with Crippen LogP contribution in [0.15, 0.2) is 12.1 Å².